The largest absolute Gasteiger partial charge is 0.545 e. The van der Waals surface area contributed by atoms with Gasteiger partial charge in [-0.1, -0.05) is 36.4 Å². The number of rotatable bonds is 11. The molecule has 28 heteroatoms. The van der Waals surface area contributed by atoms with Gasteiger partial charge in [0.05, 0.1) is 22.4 Å². The summed E-state index contributed by atoms with van der Waals surface area (Å²) in [6, 6.07) is 29.5. The van der Waals surface area contributed by atoms with Gasteiger partial charge in [0.15, 0.2) is 49.5 Å². The molecule has 412 valence electrons. The predicted octanol–water partition coefficient (Wildman–Crippen LogP) is 14.8. The van der Waals surface area contributed by atoms with E-state index in [9.17, 15) is 93.7 Å². The predicted molar refractivity (Wildman–Crippen MR) is 232 cm³/mol. The molecule has 0 saturated carbocycles. The third-order valence-corrected chi connectivity index (χ3v) is 13.0. The van der Waals surface area contributed by atoms with E-state index in [4.69, 9.17) is 4.42 Å². The topological polar surface area (TPSA) is 98.0 Å². The Morgan fingerprint density at radius 1 is 0.362 bits per heavy atom. The van der Waals surface area contributed by atoms with Gasteiger partial charge in [0.25, 0.3) is 0 Å². The summed E-state index contributed by atoms with van der Waals surface area (Å²) < 4.78 is 307. The van der Waals surface area contributed by atoms with Gasteiger partial charge in [0, 0.05) is 28.6 Å². The second kappa shape index (κ2) is 22.3. The molecule has 80 heavy (non-hydrogen) atoms. The number of aromatic carboxylic acids is 1. The van der Waals surface area contributed by atoms with Crippen LogP contribution >= 0.6 is 0 Å². The maximum absolute atomic E-state index is 15.2. The lowest BCUT2D eigenvalue weighted by molar-refractivity contribution is -0.255. The Balaban J connectivity index is 0.000000288. The molecular weight excluding hydrogens is 1150 g/mol. The summed E-state index contributed by atoms with van der Waals surface area (Å²) in [4.78, 5) is 27.4. The minimum atomic E-state index is -3.17. The van der Waals surface area contributed by atoms with Crippen LogP contribution in [-0.2, 0) is 10.9 Å². The molecule has 1 heterocycles. The molecule has 0 bridgehead atoms. The molecule has 0 radical (unpaired) electrons. The van der Waals surface area contributed by atoms with Crippen molar-refractivity contribution in [1.29, 1.82) is 0 Å². The van der Waals surface area contributed by atoms with E-state index in [1.807, 2.05) is 24.3 Å². The Bertz CT molecular complexity index is 3920. The molecule has 0 unspecified atom stereocenters. The number of carboxylic acid groups (broad SMARTS) is 1. The zero-order valence-electron chi connectivity index (χ0n) is 38.1. The first-order valence-electron chi connectivity index (χ1n) is 21.2. The fourth-order valence-corrected chi connectivity index (χ4v) is 9.25. The van der Waals surface area contributed by atoms with E-state index in [-0.39, 0.29) is 16.5 Å². The van der Waals surface area contributed by atoms with Crippen molar-refractivity contribution in [2.24, 2.45) is 0 Å². The summed E-state index contributed by atoms with van der Waals surface area (Å²) in [5.41, 5.74) is -7.39. The molecular formula is C52H16F20O7S. The molecule has 0 fully saturated rings. The number of fused-ring (bicyclic) bond motifs is 1. The van der Waals surface area contributed by atoms with Crippen LogP contribution in [0.25, 0.3) is 22.1 Å². The second-order valence-electron chi connectivity index (χ2n) is 15.6. The van der Waals surface area contributed by atoms with Crippen molar-refractivity contribution in [1.82, 2.24) is 0 Å². The van der Waals surface area contributed by atoms with Crippen molar-refractivity contribution in [2.75, 3.05) is 0 Å². The molecule has 8 aromatic carbocycles. The Labute approximate surface area is 433 Å². The summed E-state index contributed by atoms with van der Waals surface area (Å²) in [6.07, 6.45) is 0. The maximum Gasteiger partial charge on any atom is 0.336 e. The quantitative estimate of drug-likeness (QED) is 0.0418. The number of benzene rings is 8. The standard InChI is InChI=1S/C31H2F20O5.C21H15O2S/c32-6-5(7(33)9(35)10(36)8(6)34)4-2(31(52)53)1-3(54-28-20(46)14(40)11(37)15(41)21(28)47)26(55-29-22(48)16(42)12(38)17(43)23(29)49)27(4)56-30-24(50)18(44)13(39)19(45)25(30)51;22-21-14-12-16-11-13-19(15-20(16)23-21)24(17-7-3-1-4-8-17)18-9-5-2-6-10-18/h1H,(H,52,53);1-15H/q;+1/p-1. The molecule has 0 spiro atoms. The molecule has 9 aromatic rings. The summed E-state index contributed by atoms with van der Waals surface area (Å²) in [5, 5.41) is 13.2. The van der Waals surface area contributed by atoms with Gasteiger partial charge in [-0.2, -0.15) is 26.3 Å². The monoisotopic (exact) mass is 1160 g/mol. The van der Waals surface area contributed by atoms with Gasteiger partial charge in [-0.15, -0.1) is 0 Å². The fourth-order valence-electron chi connectivity index (χ4n) is 7.15. The van der Waals surface area contributed by atoms with Gasteiger partial charge in [0.2, 0.25) is 116 Å². The van der Waals surface area contributed by atoms with Gasteiger partial charge in [-0.3, -0.25) is 0 Å². The number of carbonyl (C=O) groups excluding carboxylic acids is 1. The molecule has 0 N–H and O–H groups in total. The van der Waals surface area contributed by atoms with Crippen molar-refractivity contribution in [3.63, 3.8) is 0 Å². The average Bonchev–Trinajstić information content (AvgIpc) is 3.57. The smallest absolute Gasteiger partial charge is 0.336 e. The van der Waals surface area contributed by atoms with Crippen LogP contribution in [0.5, 0.6) is 34.5 Å². The molecule has 0 amide bonds. The molecule has 1 aromatic heterocycles. The highest BCUT2D eigenvalue weighted by molar-refractivity contribution is 7.97. The molecule has 0 aliphatic rings. The van der Waals surface area contributed by atoms with Crippen molar-refractivity contribution in [3.05, 3.63) is 229 Å². The summed E-state index contributed by atoms with van der Waals surface area (Å²) in [7, 11) is -0.239. The van der Waals surface area contributed by atoms with Crippen LogP contribution < -0.4 is 24.9 Å². The van der Waals surface area contributed by atoms with Crippen molar-refractivity contribution in [2.45, 2.75) is 14.7 Å². The zero-order valence-corrected chi connectivity index (χ0v) is 38.9. The van der Waals surface area contributed by atoms with Crippen LogP contribution in [0.3, 0.4) is 0 Å². The van der Waals surface area contributed by atoms with Crippen LogP contribution in [0.1, 0.15) is 10.4 Å². The van der Waals surface area contributed by atoms with Crippen molar-refractivity contribution in [3.8, 4) is 45.6 Å². The van der Waals surface area contributed by atoms with E-state index in [2.05, 4.69) is 68.8 Å². The van der Waals surface area contributed by atoms with E-state index in [1.54, 1.807) is 6.07 Å². The van der Waals surface area contributed by atoms with Gasteiger partial charge < -0.3 is 28.5 Å². The van der Waals surface area contributed by atoms with Crippen LogP contribution in [0.4, 0.5) is 87.8 Å². The van der Waals surface area contributed by atoms with Gasteiger partial charge >= 0.3 is 5.63 Å². The fraction of sp³-hybridized carbons (Fsp3) is 0. The lowest BCUT2D eigenvalue weighted by atomic mass is 9.95. The first-order chi connectivity index (χ1) is 37.8. The first-order valence-corrected chi connectivity index (χ1v) is 22.4. The highest BCUT2D eigenvalue weighted by Crippen LogP contribution is 2.55. The van der Waals surface area contributed by atoms with Crippen LogP contribution in [0, 0.1) is 116 Å². The number of carbonyl (C=O) groups is 1. The minimum Gasteiger partial charge on any atom is -0.545 e. The van der Waals surface area contributed by atoms with E-state index < -0.39 is 180 Å². The molecule has 9 rings (SSSR count). The summed E-state index contributed by atoms with van der Waals surface area (Å²) >= 11 is 0. The van der Waals surface area contributed by atoms with Crippen LogP contribution in [0.15, 0.2) is 121 Å². The Morgan fingerprint density at radius 2 is 0.713 bits per heavy atom. The summed E-state index contributed by atoms with van der Waals surface area (Å²) in [6.45, 7) is 0. The third-order valence-electron chi connectivity index (χ3n) is 10.8. The Hall–Kier alpha value is -9.21. The zero-order chi connectivity index (χ0) is 58.5. The van der Waals surface area contributed by atoms with Gasteiger partial charge in [-0.25, -0.2) is 66.3 Å². The second-order valence-corrected chi connectivity index (χ2v) is 17.6. The third kappa shape index (κ3) is 10.1. The number of carboxylic acids is 1. The van der Waals surface area contributed by atoms with E-state index in [0.717, 1.165) is 10.3 Å². The summed E-state index contributed by atoms with van der Waals surface area (Å²) in [5.74, 6) is -81.2. The Morgan fingerprint density at radius 3 is 1.11 bits per heavy atom. The van der Waals surface area contributed by atoms with E-state index in [1.165, 1.54) is 15.9 Å². The SMILES string of the molecule is O=C([O-])c1cc(Oc2c(F)c(F)c(F)c(F)c2F)c(Oc2c(F)c(F)c(F)c(F)c2F)c(Oc2c(F)c(F)c(F)c(F)c2F)c1-c1c(F)c(F)c(F)c(F)c1F.O=c1ccc2ccc([S+](c3ccccc3)c3ccccc3)cc2o1. The minimum absolute atomic E-state index is 0.239. The van der Waals surface area contributed by atoms with E-state index >= 15 is 8.78 Å². The number of ether oxygens (including phenoxy) is 3. The first kappa shape index (κ1) is 57.0. The lowest BCUT2D eigenvalue weighted by Gasteiger charge is -2.24. The molecule has 0 aliphatic carbocycles. The van der Waals surface area contributed by atoms with Crippen molar-refractivity contribution >= 4 is 27.8 Å². The number of hydrogen-bond acceptors (Lipinski definition) is 7. The van der Waals surface area contributed by atoms with Crippen LogP contribution in [0.2, 0.25) is 0 Å². The maximum atomic E-state index is 15.2. The average molecular weight is 1160 g/mol. The van der Waals surface area contributed by atoms with Gasteiger partial charge in [0.1, 0.15) is 5.58 Å². The lowest BCUT2D eigenvalue weighted by Crippen LogP contribution is -2.24. The molecule has 0 aliphatic heterocycles. The van der Waals surface area contributed by atoms with E-state index in [0.29, 0.717) is 5.58 Å². The normalized spacial score (nSPS) is 11.3. The van der Waals surface area contributed by atoms with Gasteiger partial charge in [-0.05, 0) is 48.5 Å². The van der Waals surface area contributed by atoms with Crippen LogP contribution in [-0.4, -0.2) is 5.97 Å². The van der Waals surface area contributed by atoms with Crippen molar-refractivity contribution < 1.29 is 116 Å². The number of halogens is 20. The highest BCUT2D eigenvalue weighted by atomic mass is 32.2. The highest BCUT2D eigenvalue weighted by Gasteiger charge is 2.39. The Kier molecular flexibility index (Phi) is 15.9. The molecule has 0 atom stereocenters. The molecule has 7 nitrogen and oxygen atoms in total. The number of hydrogen-bond donors (Lipinski definition) is 0. The molecule has 0 saturated heterocycles.